The topological polar surface area (TPSA) is 54.4 Å². The number of methoxy groups -OCH3 is 2. The lowest BCUT2D eigenvalue weighted by atomic mass is 9.73. The Labute approximate surface area is 208 Å². The fourth-order valence-corrected chi connectivity index (χ4v) is 6.15. The van der Waals surface area contributed by atoms with E-state index in [0.717, 1.165) is 62.9 Å². The van der Waals surface area contributed by atoms with E-state index in [1.807, 2.05) is 17.1 Å². The maximum Gasteiger partial charge on any atom is 0.246 e. The van der Waals surface area contributed by atoms with Gasteiger partial charge in [-0.05, 0) is 56.4 Å². The van der Waals surface area contributed by atoms with E-state index in [1.165, 1.54) is 5.56 Å². The third kappa shape index (κ3) is 4.68. The van der Waals surface area contributed by atoms with Crippen LogP contribution >= 0.6 is 0 Å². The first-order valence-corrected chi connectivity index (χ1v) is 13.0. The molecule has 0 radical (unpaired) electrons. The van der Waals surface area contributed by atoms with E-state index in [9.17, 15) is 4.79 Å². The summed E-state index contributed by atoms with van der Waals surface area (Å²) >= 11 is 0. The molecule has 6 nitrogen and oxygen atoms in total. The number of carbonyl (C=O) groups is 1. The second-order valence-corrected chi connectivity index (χ2v) is 10.1. The molecule has 1 saturated heterocycles. The lowest BCUT2D eigenvalue weighted by Crippen LogP contribution is -2.52. The molecule has 2 aliphatic heterocycles. The van der Waals surface area contributed by atoms with Crippen molar-refractivity contribution in [3.63, 3.8) is 0 Å². The zero-order valence-corrected chi connectivity index (χ0v) is 21.2. The quantitative estimate of drug-likeness (QED) is 0.570. The summed E-state index contributed by atoms with van der Waals surface area (Å²) in [7, 11) is 3.31. The third-order valence-corrected chi connectivity index (χ3v) is 8.23. The molecule has 1 aliphatic carbocycles. The molecule has 3 unspecified atom stereocenters. The molecule has 2 heterocycles. The first-order chi connectivity index (χ1) is 17.1. The van der Waals surface area contributed by atoms with Crippen molar-refractivity contribution in [2.75, 3.05) is 27.3 Å². The van der Waals surface area contributed by atoms with Crippen molar-refractivity contribution in [3.05, 3.63) is 59.7 Å². The minimum Gasteiger partial charge on any atom is -0.493 e. The van der Waals surface area contributed by atoms with Gasteiger partial charge in [0, 0.05) is 36.5 Å². The maximum atomic E-state index is 13.7. The zero-order chi connectivity index (χ0) is 24.4. The Balaban J connectivity index is 1.39. The van der Waals surface area contributed by atoms with Crippen LogP contribution in [0.2, 0.25) is 0 Å². The molecule has 0 aromatic heterocycles. The van der Waals surface area contributed by atoms with Crippen LogP contribution in [-0.2, 0) is 4.79 Å². The SMILES string of the molecule is COc1ccc(C2=NN(C3CCN(C(C)c4ccccc4)CC3)C(=O)C3CCCCC23)cc1OC. The van der Waals surface area contributed by atoms with Crippen molar-refractivity contribution < 1.29 is 14.3 Å². The molecule has 6 heteroatoms. The molecule has 2 aromatic rings. The second kappa shape index (κ2) is 10.4. The summed E-state index contributed by atoms with van der Waals surface area (Å²) in [4.78, 5) is 16.2. The van der Waals surface area contributed by atoms with Gasteiger partial charge in [0.25, 0.3) is 0 Å². The summed E-state index contributed by atoms with van der Waals surface area (Å²) in [5.74, 6) is 1.86. The Morgan fingerprint density at radius 1 is 0.886 bits per heavy atom. The summed E-state index contributed by atoms with van der Waals surface area (Å²) in [6.45, 7) is 4.22. The predicted molar refractivity (Wildman–Crippen MR) is 138 cm³/mol. The van der Waals surface area contributed by atoms with Crippen molar-refractivity contribution in [1.82, 2.24) is 9.91 Å². The first-order valence-electron chi connectivity index (χ1n) is 13.0. The van der Waals surface area contributed by atoms with Crippen molar-refractivity contribution in [1.29, 1.82) is 0 Å². The van der Waals surface area contributed by atoms with Crippen molar-refractivity contribution in [3.8, 4) is 11.5 Å². The van der Waals surface area contributed by atoms with Gasteiger partial charge in [-0.1, -0.05) is 43.2 Å². The average Bonchev–Trinajstić information content (AvgIpc) is 2.93. The number of hydrogen-bond donors (Lipinski definition) is 0. The molecular weight excluding hydrogens is 438 g/mol. The number of amides is 1. The number of likely N-dealkylation sites (tertiary alicyclic amines) is 1. The fourth-order valence-electron chi connectivity index (χ4n) is 6.15. The van der Waals surface area contributed by atoms with Gasteiger partial charge in [-0.3, -0.25) is 9.69 Å². The molecule has 35 heavy (non-hydrogen) atoms. The molecular formula is C29H37N3O3. The Morgan fingerprint density at radius 2 is 1.57 bits per heavy atom. The molecule has 1 amide bonds. The number of piperidine rings is 1. The largest absolute Gasteiger partial charge is 0.493 e. The highest BCUT2D eigenvalue weighted by atomic mass is 16.5. The highest BCUT2D eigenvalue weighted by Gasteiger charge is 2.44. The Kier molecular flexibility index (Phi) is 7.09. The van der Waals surface area contributed by atoms with Gasteiger partial charge in [0.2, 0.25) is 5.91 Å². The van der Waals surface area contributed by atoms with E-state index in [4.69, 9.17) is 14.6 Å². The van der Waals surface area contributed by atoms with Crippen molar-refractivity contribution in [2.24, 2.45) is 16.9 Å². The highest BCUT2D eigenvalue weighted by molar-refractivity contribution is 6.07. The number of hydrazone groups is 1. The van der Waals surface area contributed by atoms with Gasteiger partial charge < -0.3 is 9.47 Å². The predicted octanol–water partition coefficient (Wildman–Crippen LogP) is 5.28. The molecule has 0 bridgehead atoms. The smallest absolute Gasteiger partial charge is 0.246 e. The van der Waals surface area contributed by atoms with Crippen LogP contribution in [-0.4, -0.2) is 54.9 Å². The Morgan fingerprint density at radius 3 is 2.26 bits per heavy atom. The molecule has 186 valence electrons. The summed E-state index contributed by atoms with van der Waals surface area (Å²) in [6.07, 6.45) is 6.14. The van der Waals surface area contributed by atoms with Crippen LogP contribution < -0.4 is 9.47 Å². The van der Waals surface area contributed by atoms with Gasteiger partial charge in [0.15, 0.2) is 11.5 Å². The van der Waals surface area contributed by atoms with Gasteiger partial charge in [-0.25, -0.2) is 5.01 Å². The van der Waals surface area contributed by atoms with E-state index in [-0.39, 0.29) is 23.8 Å². The number of benzene rings is 2. The molecule has 0 N–H and O–H groups in total. The van der Waals surface area contributed by atoms with Crippen LogP contribution in [0.4, 0.5) is 0 Å². The first kappa shape index (κ1) is 23.9. The van der Waals surface area contributed by atoms with Crippen molar-refractivity contribution in [2.45, 2.75) is 57.5 Å². The number of rotatable bonds is 6. The lowest BCUT2D eigenvalue weighted by Gasteiger charge is -2.44. The second-order valence-electron chi connectivity index (χ2n) is 10.1. The highest BCUT2D eigenvalue weighted by Crippen LogP contribution is 2.40. The monoisotopic (exact) mass is 475 g/mol. The molecule has 2 fully saturated rings. The third-order valence-electron chi connectivity index (χ3n) is 8.23. The Bertz CT molecular complexity index is 1060. The van der Waals surface area contributed by atoms with Gasteiger partial charge in [0.1, 0.15) is 0 Å². The maximum absolute atomic E-state index is 13.7. The number of nitrogens with zero attached hydrogens (tertiary/aromatic N) is 3. The minimum absolute atomic E-state index is 0.0330. The summed E-state index contributed by atoms with van der Waals surface area (Å²) < 4.78 is 11.0. The molecule has 0 spiro atoms. The number of carbonyl (C=O) groups excluding carboxylic acids is 1. The van der Waals surface area contributed by atoms with Gasteiger partial charge >= 0.3 is 0 Å². The lowest BCUT2D eigenvalue weighted by molar-refractivity contribution is -0.142. The number of hydrogen-bond acceptors (Lipinski definition) is 5. The normalized spacial score (nSPS) is 24.5. The molecule has 3 aliphatic rings. The molecule has 2 aromatic carbocycles. The van der Waals surface area contributed by atoms with E-state index < -0.39 is 0 Å². The van der Waals surface area contributed by atoms with Crippen molar-refractivity contribution >= 4 is 11.6 Å². The average molecular weight is 476 g/mol. The molecule has 5 rings (SSSR count). The van der Waals surface area contributed by atoms with E-state index >= 15 is 0 Å². The van der Waals surface area contributed by atoms with Crippen LogP contribution in [0.3, 0.4) is 0 Å². The van der Waals surface area contributed by atoms with E-state index in [0.29, 0.717) is 17.5 Å². The fraction of sp³-hybridized carbons (Fsp3) is 0.517. The van der Waals surface area contributed by atoms with Gasteiger partial charge in [0.05, 0.1) is 26.0 Å². The van der Waals surface area contributed by atoms with Crippen LogP contribution in [0.1, 0.15) is 62.6 Å². The number of fused-ring (bicyclic) bond motifs is 1. The number of ether oxygens (including phenoxy) is 2. The summed E-state index contributed by atoms with van der Waals surface area (Å²) in [5, 5.41) is 6.95. The summed E-state index contributed by atoms with van der Waals surface area (Å²) in [5.41, 5.74) is 3.42. The van der Waals surface area contributed by atoms with Crippen LogP contribution in [0, 0.1) is 11.8 Å². The van der Waals surface area contributed by atoms with E-state index in [1.54, 1.807) is 14.2 Å². The minimum atomic E-state index is 0.0330. The summed E-state index contributed by atoms with van der Waals surface area (Å²) in [6, 6.07) is 17.2. The van der Waals surface area contributed by atoms with Gasteiger partial charge in [-0.2, -0.15) is 5.10 Å². The van der Waals surface area contributed by atoms with E-state index in [2.05, 4.69) is 48.2 Å². The Hall–Kier alpha value is -2.86. The van der Waals surface area contributed by atoms with Gasteiger partial charge in [-0.15, -0.1) is 0 Å². The molecule has 3 atom stereocenters. The molecule has 1 saturated carbocycles. The standard InChI is InChI=1S/C29H37N3O3/c1-20(21-9-5-4-6-10-21)31-17-15-23(16-18-31)32-29(33)25-12-8-7-11-24(25)28(30-32)22-13-14-26(34-2)27(19-22)35-3/h4-6,9-10,13-14,19-20,23-25H,7-8,11-12,15-18H2,1-3H3. The van der Waals surface area contributed by atoms with Crippen LogP contribution in [0.5, 0.6) is 11.5 Å². The van der Waals surface area contributed by atoms with Crippen LogP contribution in [0.15, 0.2) is 53.6 Å². The zero-order valence-electron chi connectivity index (χ0n) is 21.2. The van der Waals surface area contributed by atoms with Crippen LogP contribution in [0.25, 0.3) is 0 Å².